The normalized spacial score (nSPS) is 17.2. The summed E-state index contributed by atoms with van der Waals surface area (Å²) in [5.74, 6) is 0.0288. The third-order valence-corrected chi connectivity index (χ3v) is 6.68. The second-order valence-corrected chi connectivity index (χ2v) is 8.76. The maximum atomic E-state index is 12.5. The van der Waals surface area contributed by atoms with Gasteiger partial charge >= 0.3 is 0 Å². The molecule has 0 bridgehead atoms. The molecule has 0 aliphatic carbocycles. The van der Waals surface area contributed by atoms with Gasteiger partial charge in [-0.15, -0.1) is 0 Å². The SMILES string of the molecule is O=S(=O)(CCN1CCC(n2cncn2)CC1)c1cc(Cl)ccc1Cl. The van der Waals surface area contributed by atoms with Crippen LogP contribution in [-0.4, -0.2) is 53.5 Å². The van der Waals surface area contributed by atoms with Gasteiger partial charge in [0, 0.05) is 24.7 Å². The minimum atomic E-state index is -3.46. The van der Waals surface area contributed by atoms with Gasteiger partial charge < -0.3 is 4.90 Å². The number of hydrogen-bond donors (Lipinski definition) is 0. The fourth-order valence-electron chi connectivity index (χ4n) is 2.89. The second-order valence-electron chi connectivity index (χ2n) is 5.84. The van der Waals surface area contributed by atoms with Crippen molar-refractivity contribution in [3.63, 3.8) is 0 Å². The van der Waals surface area contributed by atoms with E-state index >= 15 is 0 Å². The Morgan fingerprint density at radius 3 is 2.62 bits per heavy atom. The van der Waals surface area contributed by atoms with E-state index in [1.807, 2.05) is 4.68 Å². The molecule has 0 spiro atoms. The Labute approximate surface area is 151 Å². The molecule has 1 aromatic heterocycles. The summed E-state index contributed by atoms with van der Waals surface area (Å²) >= 11 is 11.9. The molecular weight excluding hydrogens is 371 g/mol. The Balaban J connectivity index is 1.57. The summed E-state index contributed by atoms with van der Waals surface area (Å²) in [5, 5.41) is 4.75. The molecule has 24 heavy (non-hydrogen) atoms. The monoisotopic (exact) mass is 388 g/mol. The van der Waals surface area contributed by atoms with Crippen LogP contribution in [0.15, 0.2) is 35.7 Å². The van der Waals surface area contributed by atoms with Crippen molar-refractivity contribution < 1.29 is 8.42 Å². The summed E-state index contributed by atoms with van der Waals surface area (Å²) in [6, 6.07) is 4.84. The van der Waals surface area contributed by atoms with Gasteiger partial charge in [0.25, 0.3) is 0 Å². The number of hydrogen-bond acceptors (Lipinski definition) is 5. The van der Waals surface area contributed by atoms with Crippen LogP contribution in [0.2, 0.25) is 10.0 Å². The van der Waals surface area contributed by atoms with Crippen molar-refractivity contribution in [3.8, 4) is 0 Å². The summed E-state index contributed by atoms with van der Waals surface area (Å²) in [5.41, 5.74) is 0. The molecule has 0 saturated carbocycles. The second kappa shape index (κ2) is 7.39. The van der Waals surface area contributed by atoms with E-state index in [0.717, 1.165) is 25.9 Å². The average Bonchev–Trinajstić information content (AvgIpc) is 3.10. The van der Waals surface area contributed by atoms with E-state index in [-0.39, 0.29) is 15.7 Å². The molecule has 1 aliphatic heterocycles. The first-order valence-electron chi connectivity index (χ1n) is 7.70. The lowest BCUT2D eigenvalue weighted by atomic mass is 10.1. The summed E-state index contributed by atoms with van der Waals surface area (Å²) in [4.78, 5) is 6.23. The minimum Gasteiger partial charge on any atom is -0.302 e. The zero-order chi connectivity index (χ0) is 17.2. The molecule has 2 aromatic rings. The van der Waals surface area contributed by atoms with Crippen molar-refractivity contribution in [2.45, 2.75) is 23.8 Å². The molecule has 0 unspecified atom stereocenters. The predicted molar refractivity (Wildman–Crippen MR) is 93.2 cm³/mol. The Morgan fingerprint density at radius 2 is 1.96 bits per heavy atom. The molecule has 1 aliphatic rings. The standard InChI is InChI=1S/C15H18Cl2N4O2S/c16-12-1-2-14(17)15(9-12)24(22,23)8-7-20-5-3-13(4-6-20)21-11-18-10-19-21/h1-2,9-11,13H,3-8H2. The van der Waals surface area contributed by atoms with E-state index in [2.05, 4.69) is 15.0 Å². The highest BCUT2D eigenvalue weighted by Gasteiger charge is 2.24. The number of benzene rings is 1. The summed E-state index contributed by atoms with van der Waals surface area (Å²) < 4.78 is 26.9. The van der Waals surface area contributed by atoms with Gasteiger partial charge in [-0.05, 0) is 31.0 Å². The summed E-state index contributed by atoms with van der Waals surface area (Å²) in [7, 11) is -3.46. The van der Waals surface area contributed by atoms with Crippen LogP contribution in [0, 0.1) is 0 Å². The molecule has 0 amide bonds. The Bertz CT molecular complexity index is 788. The van der Waals surface area contributed by atoms with Gasteiger partial charge in [-0.25, -0.2) is 18.1 Å². The van der Waals surface area contributed by atoms with Crippen molar-refractivity contribution in [1.82, 2.24) is 19.7 Å². The molecule has 9 heteroatoms. The first kappa shape index (κ1) is 17.7. The van der Waals surface area contributed by atoms with Crippen LogP contribution < -0.4 is 0 Å². The molecule has 1 fully saturated rings. The predicted octanol–water partition coefficient (Wildman–Crippen LogP) is 2.70. The van der Waals surface area contributed by atoms with Gasteiger partial charge in [0.2, 0.25) is 0 Å². The summed E-state index contributed by atoms with van der Waals surface area (Å²) in [6.07, 6.45) is 5.13. The van der Waals surface area contributed by atoms with E-state index in [0.29, 0.717) is 17.6 Å². The van der Waals surface area contributed by atoms with Crippen molar-refractivity contribution in [3.05, 3.63) is 40.9 Å². The smallest absolute Gasteiger partial charge is 0.181 e. The molecule has 1 aromatic carbocycles. The maximum Gasteiger partial charge on any atom is 0.181 e. The molecular formula is C15H18Cl2N4O2S. The van der Waals surface area contributed by atoms with Crippen molar-refractivity contribution in [1.29, 1.82) is 0 Å². The van der Waals surface area contributed by atoms with Gasteiger partial charge in [0.05, 0.1) is 21.7 Å². The highest BCUT2D eigenvalue weighted by molar-refractivity contribution is 7.91. The zero-order valence-electron chi connectivity index (χ0n) is 13.0. The lowest BCUT2D eigenvalue weighted by molar-refractivity contribution is 0.188. The zero-order valence-corrected chi connectivity index (χ0v) is 15.3. The summed E-state index contributed by atoms with van der Waals surface area (Å²) in [6.45, 7) is 2.15. The first-order chi connectivity index (χ1) is 11.5. The molecule has 0 atom stereocenters. The Kier molecular flexibility index (Phi) is 5.44. The van der Waals surface area contributed by atoms with Crippen LogP contribution in [0.3, 0.4) is 0 Å². The number of aromatic nitrogens is 3. The third-order valence-electron chi connectivity index (χ3n) is 4.27. The lowest BCUT2D eigenvalue weighted by Gasteiger charge is -2.31. The van der Waals surface area contributed by atoms with Crippen LogP contribution in [0.5, 0.6) is 0 Å². The molecule has 1 saturated heterocycles. The number of nitrogens with zero attached hydrogens (tertiary/aromatic N) is 4. The van der Waals surface area contributed by atoms with E-state index in [9.17, 15) is 8.42 Å². The van der Waals surface area contributed by atoms with Gasteiger partial charge in [0.15, 0.2) is 9.84 Å². The topological polar surface area (TPSA) is 68.1 Å². The van der Waals surface area contributed by atoms with Crippen molar-refractivity contribution >= 4 is 33.0 Å². The van der Waals surface area contributed by atoms with Crippen molar-refractivity contribution in [2.24, 2.45) is 0 Å². The molecule has 0 N–H and O–H groups in total. The fraction of sp³-hybridized carbons (Fsp3) is 0.467. The van der Waals surface area contributed by atoms with Crippen molar-refractivity contribution in [2.75, 3.05) is 25.4 Å². The largest absolute Gasteiger partial charge is 0.302 e. The maximum absolute atomic E-state index is 12.5. The number of halogens is 2. The van der Waals surface area contributed by atoms with Gasteiger partial charge in [-0.1, -0.05) is 23.2 Å². The van der Waals surface area contributed by atoms with E-state index in [1.54, 1.807) is 12.4 Å². The third kappa shape index (κ3) is 4.08. The van der Waals surface area contributed by atoms with Crippen LogP contribution in [0.25, 0.3) is 0 Å². The molecule has 2 heterocycles. The molecule has 0 radical (unpaired) electrons. The Morgan fingerprint density at radius 1 is 1.21 bits per heavy atom. The highest BCUT2D eigenvalue weighted by atomic mass is 35.5. The number of rotatable bonds is 5. The number of likely N-dealkylation sites (tertiary alicyclic amines) is 1. The highest BCUT2D eigenvalue weighted by Crippen LogP contribution is 2.26. The van der Waals surface area contributed by atoms with Gasteiger partial charge in [-0.2, -0.15) is 5.10 Å². The quantitative estimate of drug-likeness (QED) is 0.787. The van der Waals surface area contributed by atoms with E-state index in [1.165, 1.54) is 18.5 Å². The molecule has 130 valence electrons. The van der Waals surface area contributed by atoms with E-state index < -0.39 is 9.84 Å². The fourth-order valence-corrected chi connectivity index (χ4v) is 4.99. The van der Waals surface area contributed by atoms with Crippen LogP contribution >= 0.6 is 23.2 Å². The number of sulfone groups is 1. The molecule has 6 nitrogen and oxygen atoms in total. The Hall–Kier alpha value is -1.15. The number of piperidine rings is 1. The minimum absolute atomic E-state index is 0.0288. The first-order valence-corrected chi connectivity index (χ1v) is 10.1. The van der Waals surface area contributed by atoms with Crippen LogP contribution in [0.4, 0.5) is 0 Å². The molecule has 3 rings (SSSR count). The average molecular weight is 389 g/mol. The van der Waals surface area contributed by atoms with Crippen LogP contribution in [-0.2, 0) is 9.84 Å². The lowest BCUT2D eigenvalue weighted by Crippen LogP contribution is -2.37. The van der Waals surface area contributed by atoms with Gasteiger partial charge in [0.1, 0.15) is 12.7 Å². The van der Waals surface area contributed by atoms with E-state index in [4.69, 9.17) is 23.2 Å². The van der Waals surface area contributed by atoms with Gasteiger partial charge in [-0.3, -0.25) is 0 Å². The van der Waals surface area contributed by atoms with Crippen LogP contribution in [0.1, 0.15) is 18.9 Å².